The predicted molar refractivity (Wildman–Crippen MR) is 147 cm³/mol. The molecule has 13 heteroatoms. The largest absolute Gasteiger partial charge is 0.489 e. The summed E-state index contributed by atoms with van der Waals surface area (Å²) < 4.78 is 43.8. The Kier molecular flexibility index (Phi) is 9.93. The van der Waals surface area contributed by atoms with Gasteiger partial charge in [-0.25, -0.2) is 8.42 Å². The van der Waals surface area contributed by atoms with Crippen molar-refractivity contribution in [3.8, 4) is 28.6 Å². The van der Waals surface area contributed by atoms with E-state index in [2.05, 4.69) is 10.1 Å². The molecule has 0 aliphatic carbocycles. The fourth-order valence-corrected chi connectivity index (χ4v) is 5.21. The average Bonchev–Trinajstić information content (AvgIpc) is 3.34. The third-order valence-electron chi connectivity index (χ3n) is 5.28. The molecule has 0 radical (unpaired) electrons. The van der Waals surface area contributed by atoms with Crippen LogP contribution in [0, 0.1) is 0 Å². The zero-order valence-corrected chi connectivity index (χ0v) is 24.5. The van der Waals surface area contributed by atoms with Gasteiger partial charge in [-0.3, -0.25) is 9.59 Å². The number of carbonyl (C=O) groups is 2. The number of hydrogen-bond acceptors (Lipinski definition) is 9. The second-order valence-electron chi connectivity index (χ2n) is 10.1. The van der Waals surface area contributed by atoms with Gasteiger partial charge in [-0.2, -0.15) is 9.29 Å². The summed E-state index contributed by atoms with van der Waals surface area (Å²) in [6.45, 7) is 8.34. The van der Waals surface area contributed by atoms with E-state index in [-0.39, 0.29) is 42.2 Å². The van der Waals surface area contributed by atoms with Crippen LogP contribution >= 0.6 is 11.6 Å². The zero-order chi connectivity index (χ0) is 29.7. The van der Waals surface area contributed by atoms with Gasteiger partial charge in [0.2, 0.25) is 15.8 Å². The molecule has 11 nitrogen and oxygen atoms in total. The number of sulfonamides is 1. The van der Waals surface area contributed by atoms with Crippen molar-refractivity contribution in [3.05, 3.63) is 47.5 Å². The van der Waals surface area contributed by atoms with Crippen molar-refractivity contribution in [1.82, 2.24) is 14.4 Å². The summed E-state index contributed by atoms with van der Waals surface area (Å²) in [6, 6.07) is 10.8. The number of rotatable bonds is 12. The average molecular weight is 594 g/mol. The molecule has 0 spiro atoms. The fourth-order valence-electron chi connectivity index (χ4n) is 3.55. The number of ether oxygens (including phenoxy) is 2. The number of aliphatic carboxylic acids is 1. The Balaban J connectivity index is 1.78. The van der Waals surface area contributed by atoms with Crippen molar-refractivity contribution in [3.63, 3.8) is 0 Å². The standard InChI is InChI=1S/C27H32ClN3O8S/c1-17(2)37-22-11-8-19(16-21(22)28)25-29-26(39-30-25)18-6-9-20(10-7-18)40(35,36)31(14-12-23(32)33)15-13-24(34)38-27(3,4)5/h6-11,16-17H,12-15H2,1-5H3,(H,32,33). The van der Waals surface area contributed by atoms with Crippen LogP contribution in [0.1, 0.15) is 47.5 Å². The highest BCUT2D eigenvalue weighted by Gasteiger charge is 2.27. The quantitative estimate of drug-likeness (QED) is 0.283. The van der Waals surface area contributed by atoms with Crippen LogP contribution < -0.4 is 4.74 Å². The smallest absolute Gasteiger partial charge is 0.307 e. The van der Waals surface area contributed by atoms with E-state index in [1.807, 2.05) is 13.8 Å². The molecule has 0 fully saturated rings. The molecular weight excluding hydrogens is 562 g/mol. The summed E-state index contributed by atoms with van der Waals surface area (Å²) >= 11 is 6.31. The van der Waals surface area contributed by atoms with Gasteiger partial charge in [0.05, 0.1) is 28.9 Å². The molecule has 0 saturated heterocycles. The van der Waals surface area contributed by atoms with Gasteiger partial charge in [-0.1, -0.05) is 16.8 Å². The number of hydrogen-bond donors (Lipinski definition) is 1. The number of nitrogens with zero attached hydrogens (tertiary/aromatic N) is 3. The van der Waals surface area contributed by atoms with Crippen molar-refractivity contribution in [2.75, 3.05) is 13.1 Å². The van der Waals surface area contributed by atoms with E-state index >= 15 is 0 Å². The van der Waals surface area contributed by atoms with Crippen LogP contribution in [-0.2, 0) is 24.3 Å². The van der Waals surface area contributed by atoms with Crippen LogP contribution in [0.4, 0.5) is 0 Å². The molecule has 3 rings (SSSR count). The number of carboxylic acids is 1. The molecule has 0 atom stereocenters. The molecule has 1 heterocycles. The Labute approximate surface area is 238 Å². The number of halogens is 1. The van der Waals surface area contributed by atoms with Crippen molar-refractivity contribution < 1.29 is 37.1 Å². The molecule has 1 N–H and O–H groups in total. The topological polar surface area (TPSA) is 149 Å². The van der Waals surface area contributed by atoms with E-state index in [0.29, 0.717) is 21.9 Å². The maximum Gasteiger partial charge on any atom is 0.307 e. The van der Waals surface area contributed by atoms with E-state index in [0.717, 1.165) is 4.31 Å². The van der Waals surface area contributed by atoms with Gasteiger partial charge in [-0.05, 0) is 77.1 Å². The first-order chi connectivity index (χ1) is 18.7. The summed E-state index contributed by atoms with van der Waals surface area (Å²) in [6.07, 6.45) is -0.695. The highest BCUT2D eigenvalue weighted by atomic mass is 35.5. The molecule has 2 aromatic carbocycles. The Hall–Kier alpha value is -3.48. The molecule has 0 bridgehead atoms. The van der Waals surface area contributed by atoms with Crippen molar-refractivity contribution in [2.24, 2.45) is 0 Å². The van der Waals surface area contributed by atoms with Crippen LogP contribution in [0.5, 0.6) is 5.75 Å². The van der Waals surface area contributed by atoms with E-state index in [1.54, 1.807) is 39.0 Å². The highest BCUT2D eigenvalue weighted by molar-refractivity contribution is 7.89. The van der Waals surface area contributed by atoms with Crippen LogP contribution in [-0.4, -0.2) is 64.7 Å². The molecule has 40 heavy (non-hydrogen) atoms. The lowest BCUT2D eigenvalue weighted by atomic mass is 10.2. The highest BCUT2D eigenvalue weighted by Crippen LogP contribution is 2.31. The Morgan fingerprint density at radius 2 is 1.68 bits per heavy atom. The Morgan fingerprint density at radius 3 is 2.25 bits per heavy atom. The van der Waals surface area contributed by atoms with E-state index in [4.69, 9.17) is 30.7 Å². The lowest BCUT2D eigenvalue weighted by molar-refractivity contribution is -0.154. The number of esters is 1. The van der Waals surface area contributed by atoms with Gasteiger partial charge in [-0.15, -0.1) is 0 Å². The maximum atomic E-state index is 13.3. The minimum Gasteiger partial charge on any atom is -0.489 e. The van der Waals surface area contributed by atoms with Crippen molar-refractivity contribution in [2.45, 2.75) is 64.1 Å². The second-order valence-corrected chi connectivity index (χ2v) is 12.5. The van der Waals surface area contributed by atoms with Gasteiger partial charge < -0.3 is 19.1 Å². The van der Waals surface area contributed by atoms with Gasteiger partial charge in [0.15, 0.2) is 0 Å². The van der Waals surface area contributed by atoms with Gasteiger partial charge >= 0.3 is 11.9 Å². The minimum atomic E-state index is -4.12. The van der Waals surface area contributed by atoms with Crippen LogP contribution in [0.2, 0.25) is 5.02 Å². The molecule has 216 valence electrons. The fraction of sp³-hybridized carbons (Fsp3) is 0.407. The van der Waals surface area contributed by atoms with Crippen LogP contribution in [0.15, 0.2) is 51.9 Å². The normalized spacial score (nSPS) is 12.1. The summed E-state index contributed by atoms with van der Waals surface area (Å²) in [5, 5.41) is 13.5. The number of aromatic nitrogens is 2. The minimum absolute atomic E-state index is 0.0406. The second kappa shape index (κ2) is 12.8. The maximum absolute atomic E-state index is 13.3. The first-order valence-corrected chi connectivity index (χ1v) is 14.3. The monoisotopic (exact) mass is 593 g/mol. The first-order valence-electron chi connectivity index (χ1n) is 12.5. The lowest BCUT2D eigenvalue weighted by Crippen LogP contribution is -2.36. The van der Waals surface area contributed by atoms with E-state index in [9.17, 15) is 18.0 Å². The van der Waals surface area contributed by atoms with Gasteiger partial charge in [0.25, 0.3) is 5.89 Å². The van der Waals surface area contributed by atoms with Gasteiger partial charge in [0, 0.05) is 24.2 Å². The number of carboxylic acid groups (broad SMARTS) is 1. The molecule has 1 aromatic heterocycles. The summed E-state index contributed by atoms with van der Waals surface area (Å²) in [7, 11) is -4.12. The molecule has 0 aliphatic rings. The third-order valence-corrected chi connectivity index (χ3v) is 7.49. The number of carbonyl (C=O) groups excluding carboxylic acids is 1. The molecule has 0 amide bonds. The van der Waals surface area contributed by atoms with E-state index < -0.39 is 34.0 Å². The molecular formula is C27H32ClN3O8S. The van der Waals surface area contributed by atoms with Crippen molar-refractivity contribution >= 4 is 33.6 Å². The SMILES string of the molecule is CC(C)Oc1ccc(-c2noc(-c3ccc(S(=O)(=O)N(CCC(=O)O)CCC(=O)OC(C)(C)C)cc3)n2)cc1Cl. The molecule has 0 aliphatic heterocycles. The molecule has 0 saturated carbocycles. The summed E-state index contributed by atoms with van der Waals surface area (Å²) in [5.41, 5.74) is 0.341. The van der Waals surface area contributed by atoms with Crippen LogP contribution in [0.25, 0.3) is 22.8 Å². The first kappa shape index (κ1) is 31.1. The summed E-state index contributed by atoms with van der Waals surface area (Å²) in [5.74, 6) is -0.779. The van der Waals surface area contributed by atoms with Crippen molar-refractivity contribution in [1.29, 1.82) is 0 Å². The zero-order valence-electron chi connectivity index (χ0n) is 22.9. The molecule has 0 unspecified atom stereocenters. The Morgan fingerprint density at radius 1 is 1.05 bits per heavy atom. The van der Waals surface area contributed by atoms with Crippen LogP contribution in [0.3, 0.4) is 0 Å². The van der Waals surface area contributed by atoms with Gasteiger partial charge in [0.1, 0.15) is 11.4 Å². The Bertz CT molecular complexity index is 1450. The number of benzene rings is 2. The summed E-state index contributed by atoms with van der Waals surface area (Å²) in [4.78, 5) is 27.6. The predicted octanol–water partition coefficient (Wildman–Crippen LogP) is 5.04. The molecule has 3 aromatic rings. The third kappa shape index (κ3) is 8.51. The van der Waals surface area contributed by atoms with E-state index in [1.165, 1.54) is 24.3 Å². The lowest BCUT2D eigenvalue weighted by Gasteiger charge is -2.23.